The number of sulfonamides is 1. The minimum absolute atomic E-state index is 0.0190. The monoisotopic (exact) mass is 433 g/mol. The first-order chi connectivity index (χ1) is 13.5. The van der Waals surface area contributed by atoms with Crippen molar-refractivity contribution >= 4 is 21.7 Å². The zero-order valence-electron chi connectivity index (χ0n) is 16.3. The van der Waals surface area contributed by atoms with E-state index in [9.17, 15) is 28.5 Å². The van der Waals surface area contributed by atoms with E-state index in [1.165, 1.54) is 12.1 Å². The van der Waals surface area contributed by atoms with Crippen molar-refractivity contribution in [2.24, 2.45) is 0 Å². The molecule has 1 fully saturated rings. The van der Waals surface area contributed by atoms with Crippen molar-refractivity contribution in [2.45, 2.75) is 50.6 Å². The Hall–Kier alpha value is -1.96. The number of benzene rings is 1. The SMILES string of the molecule is CC(C)NC(=O)Nc1ccc(O[C@H]2O[C@H](CNS(C)(=O)=O)[C@@H](O)[C@H](O)[C@@H]2O)cc1. The van der Waals surface area contributed by atoms with E-state index >= 15 is 0 Å². The van der Waals surface area contributed by atoms with E-state index in [0.29, 0.717) is 5.69 Å². The van der Waals surface area contributed by atoms with E-state index in [1.54, 1.807) is 12.1 Å². The molecule has 1 saturated heterocycles. The Morgan fingerprint density at radius 2 is 1.76 bits per heavy atom. The molecule has 0 radical (unpaired) electrons. The van der Waals surface area contributed by atoms with E-state index in [1.807, 2.05) is 13.8 Å². The van der Waals surface area contributed by atoms with Crippen molar-refractivity contribution in [1.82, 2.24) is 10.0 Å². The molecule has 11 nitrogen and oxygen atoms in total. The standard InChI is InChI=1S/C17H27N3O8S/c1-9(2)19-17(24)20-10-4-6-11(7-5-10)27-16-15(23)14(22)13(21)12(28-16)8-18-29(3,25)26/h4-7,9,12-16,18,21-23H,8H2,1-3H3,(H2,19,20,24)/t12-,13-,14+,15+,16+/m1/s1. The third-order valence-electron chi connectivity index (χ3n) is 4.00. The Morgan fingerprint density at radius 1 is 1.14 bits per heavy atom. The predicted octanol–water partition coefficient (Wildman–Crippen LogP) is -1.05. The molecule has 0 aliphatic carbocycles. The first-order valence-electron chi connectivity index (χ1n) is 8.95. The summed E-state index contributed by atoms with van der Waals surface area (Å²) in [4.78, 5) is 11.7. The zero-order valence-corrected chi connectivity index (χ0v) is 17.1. The van der Waals surface area contributed by atoms with Crippen LogP contribution in [0.25, 0.3) is 0 Å². The Kier molecular flexibility index (Phi) is 7.80. The fourth-order valence-electron chi connectivity index (χ4n) is 2.60. The van der Waals surface area contributed by atoms with Crippen LogP contribution in [0.5, 0.6) is 5.75 Å². The van der Waals surface area contributed by atoms with Crippen molar-refractivity contribution in [3.63, 3.8) is 0 Å². The fraction of sp³-hybridized carbons (Fsp3) is 0.588. The molecule has 5 atom stereocenters. The number of carbonyl (C=O) groups is 1. The average Bonchev–Trinajstić information content (AvgIpc) is 2.61. The largest absolute Gasteiger partial charge is 0.462 e. The molecule has 0 spiro atoms. The van der Waals surface area contributed by atoms with Crippen molar-refractivity contribution in [3.8, 4) is 5.75 Å². The summed E-state index contributed by atoms with van der Waals surface area (Å²) in [5.41, 5.74) is 0.506. The second-order valence-corrected chi connectivity index (χ2v) is 8.86. The van der Waals surface area contributed by atoms with Gasteiger partial charge in [-0.2, -0.15) is 0 Å². The van der Waals surface area contributed by atoms with Crippen LogP contribution in [-0.4, -0.2) is 79.3 Å². The number of carbonyl (C=O) groups excluding carboxylic acids is 1. The number of hydrogen-bond acceptors (Lipinski definition) is 8. The van der Waals surface area contributed by atoms with Crippen LogP contribution in [0.4, 0.5) is 10.5 Å². The van der Waals surface area contributed by atoms with E-state index in [0.717, 1.165) is 6.26 Å². The average molecular weight is 433 g/mol. The molecule has 1 aromatic rings. The van der Waals surface area contributed by atoms with Crippen molar-refractivity contribution in [1.29, 1.82) is 0 Å². The van der Waals surface area contributed by atoms with Gasteiger partial charge in [0.1, 0.15) is 30.2 Å². The molecule has 164 valence electrons. The van der Waals surface area contributed by atoms with Gasteiger partial charge < -0.3 is 35.4 Å². The number of rotatable bonds is 7. The molecule has 29 heavy (non-hydrogen) atoms. The third-order valence-corrected chi connectivity index (χ3v) is 4.69. The lowest BCUT2D eigenvalue weighted by molar-refractivity contribution is -0.270. The minimum Gasteiger partial charge on any atom is -0.462 e. The molecule has 1 aromatic carbocycles. The van der Waals surface area contributed by atoms with E-state index in [2.05, 4.69) is 15.4 Å². The Balaban J connectivity index is 2.00. The third kappa shape index (κ3) is 7.10. The summed E-state index contributed by atoms with van der Waals surface area (Å²) in [5, 5.41) is 35.4. The van der Waals surface area contributed by atoms with Gasteiger partial charge in [0, 0.05) is 18.3 Å². The van der Waals surface area contributed by atoms with Gasteiger partial charge in [-0.05, 0) is 38.1 Å². The summed E-state index contributed by atoms with van der Waals surface area (Å²) >= 11 is 0. The summed E-state index contributed by atoms with van der Waals surface area (Å²) in [6.45, 7) is 3.35. The highest BCUT2D eigenvalue weighted by atomic mass is 32.2. The summed E-state index contributed by atoms with van der Waals surface area (Å²) in [5.74, 6) is 0.266. The normalized spacial score (nSPS) is 27.5. The van der Waals surface area contributed by atoms with E-state index in [4.69, 9.17) is 9.47 Å². The highest BCUT2D eigenvalue weighted by Crippen LogP contribution is 2.25. The highest BCUT2D eigenvalue weighted by Gasteiger charge is 2.45. The van der Waals surface area contributed by atoms with Crippen LogP contribution in [0, 0.1) is 0 Å². The summed E-state index contributed by atoms with van der Waals surface area (Å²) in [6, 6.07) is 5.79. The lowest BCUT2D eigenvalue weighted by Gasteiger charge is -2.40. The van der Waals surface area contributed by atoms with Crippen molar-refractivity contribution in [2.75, 3.05) is 18.1 Å². The molecular formula is C17H27N3O8S. The lowest BCUT2D eigenvalue weighted by Crippen LogP contribution is -2.61. The summed E-state index contributed by atoms with van der Waals surface area (Å²) in [7, 11) is -3.54. The molecule has 0 bridgehead atoms. The number of anilines is 1. The number of aliphatic hydroxyl groups excluding tert-OH is 3. The van der Waals surface area contributed by atoms with Crippen LogP contribution in [0.1, 0.15) is 13.8 Å². The van der Waals surface area contributed by atoms with Gasteiger partial charge in [0.05, 0.1) is 6.26 Å². The topological polar surface area (TPSA) is 166 Å². The summed E-state index contributed by atoms with van der Waals surface area (Å²) < 4.78 is 35.6. The fourth-order valence-corrected chi connectivity index (χ4v) is 3.06. The van der Waals surface area contributed by atoms with Gasteiger partial charge in [-0.25, -0.2) is 17.9 Å². The number of hydrogen-bond donors (Lipinski definition) is 6. The van der Waals surface area contributed by atoms with Crippen molar-refractivity contribution in [3.05, 3.63) is 24.3 Å². The second kappa shape index (κ2) is 9.69. The van der Waals surface area contributed by atoms with Gasteiger partial charge in [-0.3, -0.25) is 0 Å². The molecule has 1 heterocycles. The number of aliphatic hydroxyl groups is 3. The molecule has 12 heteroatoms. The zero-order chi connectivity index (χ0) is 21.8. The van der Waals surface area contributed by atoms with Crippen LogP contribution < -0.4 is 20.1 Å². The molecule has 1 aliphatic rings. The molecule has 6 N–H and O–H groups in total. The molecule has 1 aliphatic heterocycles. The van der Waals surface area contributed by atoms with E-state index in [-0.39, 0.29) is 24.4 Å². The Bertz CT molecular complexity index is 786. The van der Waals surface area contributed by atoms with Gasteiger partial charge in [0.25, 0.3) is 0 Å². The van der Waals surface area contributed by atoms with Gasteiger partial charge in [-0.15, -0.1) is 0 Å². The smallest absolute Gasteiger partial charge is 0.319 e. The van der Waals surface area contributed by atoms with Gasteiger partial charge in [-0.1, -0.05) is 0 Å². The quantitative estimate of drug-likeness (QED) is 0.317. The first-order valence-corrected chi connectivity index (χ1v) is 10.8. The number of nitrogens with one attached hydrogen (secondary N) is 3. The summed E-state index contributed by atoms with van der Waals surface area (Å²) in [6.07, 6.45) is -6.20. The van der Waals surface area contributed by atoms with Crippen LogP contribution in [0.2, 0.25) is 0 Å². The Morgan fingerprint density at radius 3 is 2.31 bits per heavy atom. The molecule has 2 rings (SSSR count). The van der Waals surface area contributed by atoms with Gasteiger partial charge >= 0.3 is 6.03 Å². The van der Waals surface area contributed by atoms with Gasteiger partial charge in [0.2, 0.25) is 16.3 Å². The van der Waals surface area contributed by atoms with Crippen LogP contribution in [0.15, 0.2) is 24.3 Å². The van der Waals surface area contributed by atoms with Crippen LogP contribution in [0.3, 0.4) is 0 Å². The maximum absolute atomic E-state index is 11.7. The molecular weight excluding hydrogens is 406 g/mol. The van der Waals surface area contributed by atoms with E-state index < -0.39 is 40.7 Å². The Labute approximate surface area is 169 Å². The lowest BCUT2D eigenvalue weighted by atomic mass is 9.99. The van der Waals surface area contributed by atoms with Crippen LogP contribution in [-0.2, 0) is 14.8 Å². The molecule has 2 amide bonds. The second-order valence-electron chi connectivity index (χ2n) is 7.03. The number of ether oxygens (including phenoxy) is 2. The van der Waals surface area contributed by atoms with Crippen molar-refractivity contribution < 1.29 is 38.0 Å². The molecule has 0 unspecified atom stereocenters. The maximum atomic E-state index is 11.7. The molecule has 0 saturated carbocycles. The first kappa shape index (κ1) is 23.3. The number of urea groups is 1. The maximum Gasteiger partial charge on any atom is 0.319 e. The number of amides is 2. The highest BCUT2D eigenvalue weighted by molar-refractivity contribution is 7.88. The molecule has 0 aromatic heterocycles. The minimum atomic E-state index is -3.54. The predicted molar refractivity (Wildman–Crippen MR) is 104 cm³/mol. The van der Waals surface area contributed by atoms with Crippen LogP contribution >= 0.6 is 0 Å². The van der Waals surface area contributed by atoms with Gasteiger partial charge in [0.15, 0.2) is 0 Å².